The van der Waals surface area contributed by atoms with Gasteiger partial charge in [-0.05, 0) is 36.8 Å². The summed E-state index contributed by atoms with van der Waals surface area (Å²) in [6.45, 7) is 1.44. The van der Waals surface area contributed by atoms with E-state index in [1.165, 1.54) is 6.92 Å². The maximum Gasteiger partial charge on any atom is 0.419 e. The molecule has 176 valence electrons. The SMILES string of the molecule is CCC(C(=O)O)n1/c(=N/C(=O)c2cccc(C(F)(F)F)c2)sc2c(F)c(C(F)(F)F)ccc21. The summed E-state index contributed by atoms with van der Waals surface area (Å²) in [5.41, 5.74) is -3.47. The normalized spacial score (nSPS) is 14.0. The van der Waals surface area contributed by atoms with E-state index in [9.17, 15) is 45.4 Å². The number of hydrogen-bond acceptors (Lipinski definition) is 3. The number of thiazole rings is 1. The molecule has 0 saturated heterocycles. The van der Waals surface area contributed by atoms with E-state index < -0.39 is 62.3 Å². The Hall–Kier alpha value is -3.22. The highest BCUT2D eigenvalue weighted by molar-refractivity contribution is 7.16. The van der Waals surface area contributed by atoms with Crippen molar-refractivity contribution in [3.8, 4) is 0 Å². The molecule has 1 heterocycles. The fourth-order valence-corrected chi connectivity index (χ4v) is 4.23. The molecule has 3 aromatic rings. The van der Waals surface area contributed by atoms with Gasteiger partial charge in [-0.3, -0.25) is 4.79 Å². The second kappa shape index (κ2) is 8.61. The smallest absolute Gasteiger partial charge is 0.419 e. The van der Waals surface area contributed by atoms with Crippen molar-refractivity contribution in [3.05, 3.63) is 63.7 Å². The fraction of sp³-hybridized carbons (Fsp3) is 0.250. The van der Waals surface area contributed by atoms with Crippen LogP contribution in [0.1, 0.15) is 40.9 Å². The van der Waals surface area contributed by atoms with E-state index in [1.54, 1.807) is 0 Å². The number of amides is 1. The van der Waals surface area contributed by atoms with Gasteiger partial charge in [-0.15, -0.1) is 0 Å². The van der Waals surface area contributed by atoms with Crippen LogP contribution in [0.4, 0.5) is 30.7 Å². The Kier molecular flexibility index (Phi) is 6.37. The van der Waals surface area contributed by atoms with E-state index in [1.807, 2.05) is 0 Å². The summed E-state index contributed by atoms with van der Waals surface area (Å²) >= 11 is 0.290. The van der Waals surface area contributed by atoms with Gasteiger partial charge in [0.1, 0.15) is 6.04 Å². The minimum Gasteiger partial charge on any atom is -0.480 e. The number of carboxylic acids is 1. The molecule has 1 N–H and O–H groups in total. The molecule has 5 nitrogen and oxygen atoms in total. The van der Waals surface area contributed by atoms with Gasteiger partial charge < -0.3 is 9.67 Å². The highest BCUT2D eigenvalue weighted by Crippen LogP contribution is 2.36. The molecule has 0 radical (unpaired) electrons. The van der Waals surface area contributed by atoms with Crippen molar-refractivity contribution >= 4 is 33.4 Å². The quantitative estimate of drug-likeness (QED) is 0.476. The van der Waals surface area contributed by atoms with Crippen molar-refractivity contribution in [2.24, 2.45) is 4.99 Å². The van der Waals surface area contributed by atoms with Crippen molar-refractivity contribution in [1.29, 1.82) is 0 Å². The van der Waals surface area contributed by atoms with Crippen LogP contribution in [0, 0.1) is 5.82 Å². The molecule has 2 aromatic carbocycles. The van der Waals surface area contributed by atoms with E-state index in [0.717, 1.165) is 28.8 Å². The Morgan fingerprint density at radius 3 is 2.30 bits per heavy atom. The lowest BCUT2D eigenvalue weighted by atomic mass is 10.1. The van der Waals surface area contributed by atoms with Gasteiger partial charge in [0.15, 0.2) is 10.6 Å². The fourth-order valence-electron chi connectivity index (χ4n) is 3.12. The van der Waals surface area contributed by atoms with Crippen LogP contribution >= 0.6 is 11.3 Å². The third-order valence-electron chi connectivity index (χ3n) is 4.66. The summed E-state index contributed by atoms with van der Waals surface area (Å²) in [5, 5.41) is 9.52. The molecule has 0 saturated carbocycles. The molecule has 1 amide bonds. The number of alkyl halides is 6. The van der Waals surface area contributed by atoms with Crippen molar-refractivity contribution in [3.63, 3.8) is 0 Å². The molecule has 1 aromatic heterocycles. The van der Waals surface area contributed by atoms with Crippen LogP contribution in [-0.2, 0) is 17.1 Å². The molecule has 0 spiro atoms. The third-order valence-corrected chi connectivity index (χ3v) is 5.72. The van der Waals surface area contributed by atoms with Crippen molar-refractivity contribution in [2.75, 3.05) is 0 Å². The van der Waals surface area contributed by atoms with Crippen LogP contribution in [0.2, 0.25) is 0 Å². The molecule has 0 aliphatic heterocycles. The molecule has 3 rings (SSSR count). The van der Waals surface area contributed by atoms with E-state index in [0.29, 0.717) is 12.1 Å². The first-order valence-electron chi connectivity index (χ1n) is 9.15. The van der Waals surface area contributed by atoms with Gasteiger partial charge >= 0.3 is 18.3 Å². The van der Waals surface area contributed by atoms with Crippen molar-refractivity contribution < 1.29 is 45.4 Å². The highest BCUT2D eigenvalue weighted by atomic mass is 32.1. The summed E-state index contributed by atoms with van der Waals surface area (Å²) < 4.78 is 93.0. The Balaban J connectivity index is 2.29. The lowest BCUT2D eigenvalue weighted by Gasteiger charge is -2.14. The number of carbonyl (C=O) groups excluding carboxylic acids is 1. The number of rotatable bonds is 4. The van der Waals surface area contributed by atoms with Gasteiger partial charge in [-0.1, -0.05) is 24.3 Å². The molecule has 1 unspecified atom stereocenters. The van der Waals surface area contributed by atoms with Crippen LogP contribution in [-0.4, -0.2) is 21.6 Å². The summed E-state index contributed by atoms with van der Waals surface area (Å²) in [6, 6.07) is 3.12. The molecule has 0 bridgehead atoms. The maximum absolute atomic E-state index is 14.6. The summed E-state index contributed by atoms with van der Waals surface area (Å²) in [4.78, 5) is 27.4. The third kappa shape index (κ3) is 4.77. The second-order valence-electron chi connectivity index (χ2n) is 6.79. The van der Waals surface area contributed by atoms with Gasteiger partial charge in [0.05, 0.1) is 21.3 Å². The maximum atomic E-state index is 14.6. The number of halogens is 7. The first-order chi connectivity index (χ1) is 15.3. The molecule has 33 heavy (non-hydrogen) atoms. The number of carboxylic acid groups (broad SMARTS) is 1. The zero-order chi connectivity index (χ0) is 24.7. The van der Waals surface area contributed by atoms with Gasteiger partial charge in [-0.2, -0.15) is 31.3 Å². The van der Waals surface area contributed by atoms with Gasteiger partial charge in [0.25, 0.3) is 5.91 Å². The number of nitrogens with zero attached hydrogens (tertiary/aromatic N) is 2. The Morgan fingerprint density at radius 1 is 1.09 bits per heavy atom. The standard InChI is InChI=1S/C20H13F7N2O3S/c1-2-12(17(31)32)29-13-7-6-11(20(25,26)27)14(21)15(13)33-18(29)28-16(30)9-4-3-5-10(8-9)19(22,23)24/h3-8,12H,2H2,1H3,(H,31,32)/b28-18-. The molecule has 0 aliphatic rings. The number of fused-ring (bicyclic) bond motifs is 1. The molecular formula is C20H13F7N2O3S. The van der Waals surface area contributed by atoms with Crippen LogP contribution < -0.4 is 4.80 Å². The van der Waals surface area contributed by atoms with E-state index in [4.69, 9.17) is 0 Å². The minimum atomic E-state index is -5.03. The van der Waals surface area contributed by atoms with E-state index in [2.05, 4.69) is 4.99 Å². The lowest BCUT2D eigenvalue weighted by molar-refractivity contribution is -0.141. The van der Waals surface area contributed by atoms with Crippen LogP contribution in [0.3, 0.4) is 0 Å². The Bertz CT molecular complexity index is 1310. The number of aromatic nitrogens is 1. The zero-order valence-corrected chi connectivity index (χ0v) is 17.3. The molecule has 1 atom stereocenters. The van der Waals surface area contributed by atoms with Crippen LogP contribution in [0.15, 0.2) is 41.4 Å². The number of aliphatic carboxylic acids is 1. The van der Waals surface area contributed by atoms with Gasteiger partial charge in [0, 0.05) is 5.56 Å². The number of benzene rings is 2. The molecular weight excluding hydrogens is 481 g/mol. The average Bonchev–Trinajstić information content (AvgIpc) is 3.06. The zero-order valence-electron chi connectivity index (χ0n) is 16.5. The monoisotopic (exact) mass is 494 g/mol. The van der Waals surface area contributed by atoms with Crippen LogP contribution in [0.25, 0.3) is 10.2 Å². The van der Waals surface area contributed by atoms with E-state index >= 15 is 0 Å². The lowest BCUT2D eigenvalue weighted by Crippen LogP contribution is -2.27. The van der Waals surface area contributed by atoms with Gasteiger partial charge in [-0.25, -0.2) is 9.18 Å². The number of carbonyl (C=O) groups is 2. The molecule has 13 heteroatoms. The Morgan fingerprint density at radius 2 is 1.76 bits per heavy atom. The van der Waals surface area contributed by atoms with Gasteiger partial charge in [0.2, 0.25) is 0 Å². The van der Waals surface area contributed by atoms with Crippen molar-refractivity contribution in [2.45, 2.75) is 31.7 Å². The predicted octanol–water partition coefficient (Wildman–Crippen LogP) is 5.66. The molecule has 0 aliphatic carbocycles. The Labute approximate surface area is 184 Å². The number of hydrogen-bond donors (Lipinski definition) is 1. The summed E-state index contributed by atoms with van der Waals surface area (Å²) in [7, 11) is 0. The topological polar surface area (TPSA) is 71.7 Å². The van der Waals surface area contributed by atoms with Crippen molar-refractivity contribution in [1.82, 2.24) is 4.57 Å². The summed E-state index contributed by atoms with van der Waals surface area (Å²) in [5.74, 6) is -4.31. The average molecular weight is 494 g/mol. The summed E-state index contributed by atoms with van der Waals surface area (Å²) in [6.07, 6.45) is -9.88. The van der Waals surface area contributed by atoms with Crippen LogP contribution in [0.5, 0.6) is 0 Å². The predicted molar refractivity (Wildman–Crippen MR) is 103 cm³/mol. The first-order valence-corrected chi connectivity index (χ1v) is 9.97. The minimum absolute atomic E-state index is 0.102. The second-order valence-corrected chi connectivity index (χ2v) is 7.76. The molecule has 0 fully saturated rings. The first kappa shape index (κ1) is 24.4. The largest absolute Gasteiger partial charge is 0.480 e. The van der Waals surface area contributed by atoms with E-state index in [-0.39, 0.29) is 23.3 Å². The highest BCUT2D eigenvalue weighted by Gasteiger charge is 2.36.